The van der Waals surface area contributed by atoms with Crippen LogP contribution in [0.4, 0.5) is 0 Å². The van der Waals surface area contributed by atoms with Crippen molar-refractivity contribution in [2.24, 2.45) is 5.92 Å². The van der Waals surface area contributed by atoms with Crippen molar-refractivity contribution in [1.82, 2.24) is 15.2 Å². The number of hydrogen-bond donors (Lipinski definition) is 1. The van der Waals surface area contributed by atoms with E-state index in [1.165, 1.54) is 0 Å². The van der Waals surface area contributed by atoms with Gasteiger partial charge in [-0.1, -0.05) is 18.5 Å². The molecule has 5 heteroatoms. The molecule has 0 aliphatic carbocycles. The van der Waals surface area contributed by atoms with Gasteiger partial charge in [-0.15, -0.1) is 0 Å². The van der Waals surface area contributed by atoms with E-state index >= 15 is 0 Å². The Bertz CT molecular complexity index is 384. The lowest BCUT2D eigenvalue weighted by Gasteiger charge is -2.19. The molecule has 0 aliphatic heterocycles. The van der Waals surface area contributed by atoms with Crippen molar-refractivity contribution in [3.8, 4) is 0 Å². The number of amides is 1. The molecule has 0 aliphatic rings. The Kier molecular flexibility index (Phi) is 5.38. The highest BCUT2D eigenvalue weighted by Crippen LogP contribution is 2.10. The first-order chi connectivity index (χ1) is 8.02. The van der Waals surface area contributed by atoms with Gasteiger partial charge in [0.25, 0.3) is 0 Å². The molecule has 1 aromatic heterocycles. The summed E-state index contributed by atoms with van der Waals surface area (Å²) in [5, 5.41) is 3.32. The van der Waals surface area contributed by atoms with Gasteiger partial charge in [0, 0.05) is 37.3 Å². The second-order valence-electron chi connectivity index (χ2n) is 4.18. The molecule has 0 aromatic carbocycles. The summed E-state index contributed by atoms with van der Waals surface area (Å²) in [6.45, 7) is 3.27. The van der Waals surface area contributed by atoms with Crippen LogP contribution >= 0.6 is 11.6 Å². The van der Waals surface area contributed by atoms with Crippen molar-refractivity contribution in [3.63, 3.8) is 0 Å². The van der Waals surface area contributed by atoms with Crippen molar-refractivity contribution >= 4 is 17.5 Å². The summed E-state index contributed by atoms with van der Waals surface area (Å²) in [5.74, 6) is 0.0140. The van der Waals surface area contributed by atoms with Gasteiger partial charge in [0.15, 0.2) is 0 Å². The topological polar surface area (TPSA) is 45.2 Å². The van der Waals surface area contributed by atoms with Gasteiger partial charge >= 0.3 is 0 Å². The Morgan fingerprint density at radius 2 is 2.35 bits per heavy atom. The third kappa shape index (κ3) is 4.71. The van der Waals surface area contributed by atoms with Crippen LogP contribution in [0.2, 0.25) is 5.02 Å². The maximum Gasteiger partial charge on any atom is 0.223 e. The minimum Gasteiger partial charge on any atom is -0.359 e. The van der Waals surface area contributed by atoms with Crippen LogP contribution in [-0.4, -0.2) is 36.4 Å². The molecule has 0 fully saturated rings. The molecule has 1 N–H and O–H groups in total. The van der Waals surface area contributed by atoms with Crippen LogP contribution in [0.3, 0.4) is 0 Å². The maximum absolute atomic E-state index is 11.4. The molecule has 0 saturated heterocycles. The Hall–Kier alpha value is -1.13. The van der Waals surface area contributed by atoms with E-state index in [1.54, 1.807) is 19.3 Å². The van der Waals surface area contributed by atoms with Crippen molar-refractivity contribution < 1.29 is 4.79 Å². The lowest BCUT2D eigenvalue weighted by atomic mass is 10.1. The van der Waals surface area contributed by atoms with E-state index in [9.17, 15) is 4.79 Å². The van der Waals surface area contributed by atoms with Gasteiger partial charge < -0.3 is 5.32 Å². The highest BCUT2D eigenvalue weighted by molar-refractivity contribution is 6.30. The number of aromatic nitrogens is 1. The molecule has 1 aromatic rings. The average Bonchev–Trinajstić information content (AvgIpc) is 2.27. The monoisotopic (exact) mass is 255 g/mol. The predicted molar refractivity (Wildman–Crippen MR) is 68.8 cm³/mol. The van der Waals surface area contributed by atoms with Gasteiger partial charge in [-0.3, -0.25) is 14.7 Å². The second kappa shape index (κ2) is 6.57. The molecule has 0 bridgehead atoms. The fraction of sp³-hybridized carbons (Fsp3) is 0.500. The van der Waals surface area contributed by atoms with Gasteiger partial charge in [0.2, 0.25) is 5.91 Å². The van der Waals surface area contributed by atoms with E-state index in [0.29, 0.717) is 18.1 Å². The standard InChI is InChI=1S/C12H18ClN3O/c1-9(12(17)14-2)7-16(3)8-11-6-10(13)4-5-15-11/h4-6,9H,7-8H2,1-3H3,(H,14,17). The first-order valence-electron chi connectivity index (χ1n) is 5.53. The summed E-state index contributed by atoms with van der Waals surface area (Å²) < 4.78 is 0. The van der Waals surface area contributed by atoms with E-state index in [2.05, 4.69) is 15.2 Å². The number of carbonyl (C=O) groups excluding carboxylic acids is 1. The van der Waals surface area contributed by atoms with E-state index in [-0.39, 0.29) is 11.8 Å². The van der Waals surface area contributed by atoms with Crippen LogP contribution in [0, 0.1) is 5.92 Å². The molecule has 1 heterocycles. The quantitative estimate of drug-likeness (QED) is 0.868. The number of carbonyl (C=O) groups is 1. The Morgan fingerprint density at radius 1 is 1.65 bits per heavy atom. The molecular formula is C12H18ClN3O. The molecule has 0 saturated carbocycles. The highest BCUT2D eigenvalue weighted by Gasteiger charge is 2.13. The zero-order chi connectivity index (χ0) is 12.8. The highest BCUT2D eigenvalue weighted by atomic mass is 35.5. The third-order valence-electron chi connectivity index (χ3n) is 2.49. The van der Waals surface area contributed by atoms with Crippen LogP contribution in [-0.2, 0) is 11.3 Å². The van der Waals surface area contributed by atoms with Gasteiger partial charge in [0.1, 0.15) is 0 Å². The summed E-state index contributed by atoms with van der Waals surface area (Å²) in [4.78, 5) is 17.7. The van der Waals surface area contributed by atoms with Crippen molar-refractivity contribution in [2.45, 2.75) is 13.5 Å². The molecule has 1 atom stereocenters. The zero-order valence-electron chi connectivity index (χ0n) is 10.4. The summed E-state index contributed by atoms with van der Waals surface area (Å²) >= 11 is 5.88. The molecule has 1 unspecified atom stereocenters. The summed E-state index contributed by atoms with van der Waals surface area (Å²) in [6.07, 6.45) is 1.69. The van der Waals surface area contributed by atoms with Crippen molar-refractivity contribution in [3.05, 3.63) is 29.0 Å². The third-order valence-corrected chi connectivity index (χ3v) is 2.73. The predicted octanol–water partition coefficient (Wildman–Crippen LogP) is 1.55. The van der Waals surface area contributed by atoms with Crippen LogP contribution in [0.1, 0.15) is 12.6 Å². The summed E-state index contributed by atoms with van der Waals surface area (Å²) in [5.41, 5.74) is 0.907. The van der Waals surface area contributed by atoms with Crippen molar-refractivity contribution in [2.75, 3.05) is 20.6 Å². The van der Waals surface area contributed by atoms with Gasteiger partial charge in [-0.2, -0.15) is 0 Å². The van der Waals surface area contributed by atoms with Crippen LogP contribution in [0.25, 0.3) is 0 Å². The van der Waals surface area contributed by atoms with Crippen LogP contribution in [0.5, 0.6) is 0 Å². The lowest BCUT2D eigenvalue weighted by molar-refractivity contribution is -0.124. The molecule has 0 radical (unpaired) electrons. The van der Waals surface area contributed by atoms with Crippen LogP contribution < -0.4 is 5.32 Å². The largest absolute Gasteiger partial charge is 0.359 e. The Labute approximate surface area is 107 Å². The second-order valence-corrected chi connectivity index (χ2v) is 4.61. The van der Waals surface area contributed by atoms with E-state index in [1.807, 2.05) is 20.0 Å². The van der Waals surface area contributed by atoms with Gasteiger partial charge in [0.05, 0.1) is 5.69 Å². The van der Waals surface area contributed by atoms with Crippen LogP contribution in [0.15, 0.2) is 18.3 Å². The van der Waals surface area contributed by atoms with Gasteiger partial charge in [-0.05, 0) is 19.2 Å². The molecule has 4 nitrogen and oxygen atoms in total. The first kappa shape index (κ1) is 13.9. The fourth-order valence-corrected chi connectivity index (χ4v) is 1.86. The smallest absolute Gasteiger partial charge is 0.223 e. The lowest BCUT2D eigenvalue weighted by Crippen LogP contribution is -2.34. The number of halogens is 1. The van der Waals surface area contributed by atoms with Crippen molar-refractivity contribution in [1.29, 1.82) is 0 Å². The number of nitrogens with zero attached hydrogens (tertiary/aromatic N) is 2. The summed E-state index contributed by atoms with van der Waals surface area (Å²) in [6, 6.07) is 3.58. The number of pyridine rings is 1. The maximum atomic E-state index is 11.4. The number of rotatable bonds is 5. The van der Waals surface area contributed by atoms with E-state index in [0.717, 1.165) is 5.69 Å². The minimum absolute atomic E-state index is 0.0378. The average molecular weight is 256 g/mol. The van der Waals surface area contributed by atoms with E-state index < -0.39 is 0 Å². The normalized spacial score (nSPS) is 12.5. The number of nitrogens with one attached hydrogen (secondary N) is 1. The molecule has 1 amide bonds. The molecule has 17 heavy (non-hydrogen) atoms. The van der Waals surface area contributed by atoms with E-state index in [4.69, 9.17) is 11.6 Å². The molecule has 1 rings (SSSR count). The minimum atomic E-state index is -0.0378. The molecule has 0 spiro atoms. The Morgan fingerprint density at radius 3 is 2.94 bits per heavy atom. The summed E-state index contributed by atoms with van der Waals surface area (Å²) in [7, 11) is 3.61. The SMILES string of the molecule is CNC(=O)C(C)CN(C)Cc1cc(Cl)ccn1. The zero-order valence-corrected chi connectivity index (χ0v) is 11.2. The first-order valence-corrected chi connectivity index (χ1v) is 5.91. The molecule has 94 valence electrons. The fourth-order valence-electron chi connectivity index (χ4n) is 1.67. The molecular weight excluding hydrogens is 238 g/mol. The van der Waals surface area contributed by atoms with Gasteiger partial charge in [-0.25, -0.2) is 0 Å². The number of hydrogen-bond acceptors (Lipinski definition) is 3. The Balaban J connectivity index is 2.49.